The Morgan fingerprint density at radius 1 is 1.00 bits per heavy atom. The molecular weight excluding hydrogens is 426 g/mol. The molecule has 1 saturated heterocycles. The van der Waals surface area contributed by atoms with E-state index in [9.17, 15) is 9.90 Å². The highest BCUT2D eigenvalue weighted by atomic mass is 16.5. The summed E-state index contributed by atoms with van der Waals surface area (Å²) in [6.07, 6.45) is 6.87. The third-order valence-electron chi connectivity index (χ3n) is 8.06. The number of hydrogen-bond acceptors (Lipinski definition) is 5. The van der Waals surface area contributed by atoms with Crippen molar-refractivity contribution in [1.82, 2.24) is 4.90 Å². The van der Waals surface area contributed by atoms with E-state index in [0.29, 0.717) is 12.5 Å². The van der Waals surface area contributed by atoms with E-state index in [2.05, 4.69) is 48.2 Å². The lowest BCUT2D eigenvalue weighted by atomic mass is 9.76. The van der Waals surface area contributed by atoms with Crippen molar-refractivity contribution in [1.29, 1.82) is 0 Å². The fraction of sp³-hybridized carbons (Fsp3) is 0.621. The molecule has 186 valence electrons. The normalized spacial score (nSPS) is 24.0. The summed E-state index contributed by atoms with van der Waals surface area (Å²) in [5.74, 6) is 1.34. The second kappa shape index (κ2) is 11.1. The van der Waals surface area contributed by atoms with Gasteiger partial charge >= 0.3 is 5.97 Å². The van der Waals surface area contributed by atoms with Gasteiger partial charge in [-0.1, -0.05) is 25.1 Å². The average Bonchev–Trinajstić information content (AvgIpc) is 2.85. The molecule has 0 bridgehead atoms. The third kappa shape index (κ3) is 6.11. The number of ether oxygens (including phenoxy) is 2. The first-order valence-electron chi connectivity index (χ1n) is 13.2. The summed E-state index contributed by atoms with van der Waals surface area (Å²) in [7, 11) is 0. The van der Waals surface area contributed by atoms with Crippen LogP contribution in [0.1, 0.15) is 71.3 Å². The van der Waals surface area contributed by atoms with E-state index >= 15 is 0 Å². The minimum Gasteiger partial charge on any atom is -0.490 e. The number of hydrogen-bond donors (Lipinski definition) is 1. The Morgan fingerprint density at radius 2 is 1.68 bits per heavy atom. The molecule has 1 aliphatic heterocycles. The molecule has 2 aliphatic rings. The molecule has 1 N–H and O–H groups in total. The highest BCUT2D eigenvalue weighted by molar-refractivity contribution is 5.84. The largest absolute Gasteiger partial charge is 0.490 e. The van der Waals surface area contributed by atoms with E-state index in [4.69, 9.17) is 9.47 Å². The number of piperidine rings is 1. The molecule has 1 saturated carbocycles. The van der Waals surface area contributed by atoms with Crippen molar-refractivity contribution in [2.24, 2.45) is 11.8 Å². The van der Waals surface area contributed by atoms with Gasteiger partial charge in [-0.3, -0.25) is 9.69 Å². The van der Waals surface area contributed by atoms with Crippen LogP contribution in [0.3, 0.4) is 0 Å². The maximum absolute atomic E-state index is 12.0. The molecule has 2 fully saturated rings. The molecule has 34 heavy (non-hydrogen) atoms. The van der Waals surface area contributed by atoms with Gasteiger partial charge in [0.1, 0.15) is 5.75 Å². The van der Waals surface area contributed by atoms with Gasteiger partial charge in [0.05, 0.1) is 24.2 Å². The van der Waals surface area contributed by atoms with Crippen LogP contribution in [0, 0.1) is 11.8 Å². The molecule has 1 atom stereocenters. The Kier molecular flexibility index (Phi) is 8.15. The topological polar surface area (TPSA) is 59.0 Å². The van der Waals surface area contributed by atoms with Gasteiger partial charge in [-0.15, -0.1) is 0 Å². The summed E-state index contributed by atoms with van der Waals surface area (Å²) in [6.45, 7) is 9.15. The SMILES string of the molecule is CCOC(=O)C1CCN(Cc2ccc3cc(OC4CCC(C(C)(O)CC)CC4)ccc3c2)CC1. The van der Waals surface area contributed by atoms with Crippen LogP contribution in [-0.4, -0.2) is 47.4 Å². The van der Waals surface area contributed by atoms with Gasteiger partial charge in [-0.25, -0.2) is 0 Å². The molecule has 1 aliphatic carbocycles. The number of esters is 1. The standard InChI is InChI=1S/C29H41NO4/c1-4-29(3,32)25-9-12-26(13-10-25)34-27-11-8-23-18-21(6-7-24(23)19-27)20-30-16-14-22(15-17-30)28(31)33-5-2/h6-8,11,18-19,22,25-26,32H,4-5,9-10,12-17,20H2,1-3H3. The number of carbonyl (C=O) groups excluding carboxylic acids is 1. The molecule has 0 amide bonds. The molecule has 4 rings (SSSR count). The lowest BCUT2D eigenvalue weighted by Gasteiger charge is -2.37. The van der Waals surface area contributed by atoms with E-state index < -0.39 is 5.60 Å². The minimum atomic E-state index is -0.553. The minimum absolute atomic E-state index is 0.0354. The van der Waals surface area contributed by atoms with E-state index in [0.717, 1.165) is 70.3 Å². The molecule has 1 unspecified atom stereocenters. The highest BCUT2D eigenvalue weighted by Crippen LogP contribution is 2.36. The Morgan fingerprint density at radius 3 is 2.35 bits per heavy atom. The molecule has 1 heterocycles. The van der Waals surface area contributed by atoms with Crippen LogP contribution in [0.2, 0.25) is 0 Å². The van der Waals surface area contributed by atoms with E-state index in [1.54, 1.807) is 0 Å². The van der Waals surface area contributed by atoms with Crippen LogP contribution in [0.15, 0.2) is 36.4 Å². The van der Waals surface area contributed by atoms with Gasteiger partial charge in [0.25, 0.3) is 0 Å². The van der Waals surface area contributed by atoms with Gasteiger partial charge in [-0.2, -0.15) is 0 Å². The Labute approximate surface area is 204 Å². The third-order valence-corrected chi connectivity index (χ3v) is 8.06. The monoisotopic (exact) mass is 467 g/mol. The van der Waals surface area contributed by atoms with Gasteiger partial charge in [0.15, 0.2) is 0 Å². The Balaban J connectivity index is 1.30. The van der Waals surface area contributed by atoms with Crippen molar-refractivity contribution in [2.75, 3.05) is 19.7 Å². The fourth-order valence-electron chi connectivity index (χ4n) is 5.57. The van der Waals surface area contributed by atoms with Crippen molar-refractivity contribution in [3.63, 3.8) is 0 Å². The lowest BCUT2D eigenvalue weighted by molar-refractivity contribution is -0.149. The molecule has 0 aromatic heterocycles. The van der Waals surface area contributed by atoms with Crippen molar-refractivity contribution >= 4 is 16.7 Å². The van der Waals surface area contributed by atoms with Crippen molar-refractivity contribution < 1.29 is 19.4 Å². The summed E-state index contributed by atoms with van der Waals surface area (Å²) < 4.78 is 11.5. The number of benzene rings is 2. The van der Waals surface area contributed by atoms with E-state index in [1.165, 1.54) is 16.3 Å². The first-order chi connectivity index (χ1) is 16.4. The maximum atomic E-state index is 12.0. The zero-order valence-corrected chi connectivity index (χ0v) is 21.1. The van der Waals surface area contributed by atoms with Gasteiger partial charge in [-0.05, 0) is 112 Å². The first kappa shape index (κ1) is 25.0. The number of carbonyl (C=O) groups is 1. The summed E-state index contributed by atoms with van der Waals surface area (Å²) in [5, 5.41) is 13.0. The molecule has 5 nitrogen and oxygen atoms in total. The van der Waals surface area contributed by atoms with E-state index in [1.807, 2.05) is 13.8 Å². The van der Waals surface area contributed by atoms with Gasteiger partial charge in [0.2, 0.25) is 0 Å². The van der Waals surface area contributed by atoms with Crippen LogP contribution in [0.4, 0.5) is 0 Å². The quantitative estimate of drug-likeness (QED) is 0.504. The van der Waals surface area contributed by atoms with Crippen molar-refractivity contribution in [2.45, 2.75) is 84.0 Å². The molecule has 0 radical (unpaired) electrons. The number of aliphatic hydroxyl groups is 1. The van der Waals surface area contributed by atoms with Gasteiger partial charge in [0, 0.05) is 6.54 Å². The van der Waals surface area contributed by atoms with Crippen LogP contribution >= 0.6 is 0 Å². The molecule has 2 aromatic rings. The maximum Gasteiger partial charge on any atom is 0.309 e. The molecule has 0 spiro atoms. The fourth-order valence-corrected chi connectivity index (χ4v) is 5.57. The number of nitrogens with zero attached hydrogens (tertiary/aromatic N) is 1. The van der Waals surface area contributed by atoms with Crippen LogP contribution in [0.25, 0.3) is 10.8 Å². The summed E-state index contributed by atoms with van der Waals surface area (Å²) >= 11 is 0. The number of rotatable bonds is 8. The summed E-state index contributed by atoms with van der Waals surface area (Å²) in [5.41, 5.74) is 0.750. The van der Waals surface area contributed by atoms with Crippen molar-refractivity contribution in [3.8, 4) is 5.75 Å². The smallest absolute Gasteiger partial charge is 0.309 e. The summed E-state index contributed by atoms with van der Waals surface area (Å²) in [4.78, 5) is 14.4. The second-order valence-corrected chi connectivity index (χ2v) is 10.4. The lowest BCUT2D eigenvalue weighted by Crippen LogP contribution is -2.38. The molecular formula is C29H41NO4. The predicted molar refractivity (Wildman–Crippen MR) is 136 cm³/mol. The predicted octanol–water partition coefficient (Wildman–Crippen LogP) is 5.71. The highest BCUT2D eigenvalue weighted by Gasteiger charge is 2.34. The van der Waals surface area contributed by atoms with Crippen molar-refractivity contribution in [3.05, 3.63) is 42.0 Å². The molecule has 5 heteroatoms. The molecule has 2 aromatic carbocycles. The second-order valence-electron chi connectivity index (χ2n) is 10.4. The zero-order valence-electron chi connectivity index (χ0n) is 21.1. The van der Waals surface area contributed by atoms with Gasteiger partial charge < -0.3 is 14.6 Å². The Bertz CT molecular complexity index is 956. The first-order valence-corrected chi connectivity index (χ1v) is 13.2. The number of fused-ring (bicyclic) bond motifs is 1. The van der Waals surface area contributed by atoms with E-state index in [-0.39, 0.29) is 18.0 Å². The zero-order chi connectivity index (χ0) is 24.1. The van der Waals surface area contributed by atoms with Crippen LogP contribution < -0.4 is 4.74 Å². The van der Waals surface area contributed by atoms with Crippen LogP contribution in [-0.2, 0) is 16.1 Å². The average molecular weight is 468 g/mol. The Hall–Kier alpha value is -2.11. The summed E-state index contributed by atoms with van der Waals surface area (Å²) in [6, 6.07) is 13.1. The van der Waals surface area contributed by atoms with Crippen LogP contribution in [0.5, 0.6) is 5.75 Å². The number of likely N-dealkylation sites (tertiary alicyclic amines) is 1.